The van der Waals surface area contributed by atoms with Crippen LogP contribution in [0.2, 0.25) is 0 Å². The summed E-state index contributed by atoms with van der Waals surface area (Å²) in [5.41, 5.74) is 1.66. The number of rotatable bonds is 3. The van der Waals surface area contributed by atoms with Gasteiger partial charge in [-0.2, -0.15) is 5.10 Å². The molecule has 1 aliphatic rings. The van der Waals surface area contributed by atoms with Crippen molar-refractivity contribution >= 4 is 22.8 Å². The number of benzene rings is 1. The van der Waals surface area contributed by atoms with Crippen molar-refractivity contribution in [3.05, 3.63) is 42.9 Å². The van der Waals surface area contributed by atoms with Crippen LogP contribution in [0.15, 0.2) is 42.9 Å². The van der Waals surface area contributed by atoms with Crippen molar-refractivity contribution in [1.29, 1.82) is 0 Å². The molecule has 1 unspecified atom stereocenters. The van der Waals surface area contributed by atoms with Crippen LogP contribution in [0.5, 0.6) is 0 Å². The van der Waals surface area contributed by atoms with Crippen molar-refractivity contribution in [2.75, 3.05) is 18.0 Å². The number of carboxylic acids is 1. The minimum atomic E-state index is -0.745. The molecule has 3 heterocycles. The summed E-state index contributed by atoms with van der Waals surface area (Å²) in [5.74, 6) is -0.342. The molecule has 1 fully saturated rings. The van der Waals surface area contributed by atoms with E-state index in [-0.39, 0.29) is 5.92 Å². The van der Waals surface area contributed by atoms with Crippen LogP contribution >= 0.6 is 0 Å². The van der Waals surface area contributed by atoms with Gasteiger partial charge in [-0.3, -0.25) is 4.79 Å². The van der Waals surface area contributed by atoms with E-state index in [1.165, 1.54) is 6.33 Å². The van der Waals surface area contributed by atoms with Crippen LogP contribution in [0.3, 0.4) is 0 Å². The minimum Gasteiger partial charge on any atom is -0.481 e. The number of aromatic nitrogens is 4. The molecule has 4 rings (SSSR count). The van der Waals surface area contributed by atoms with Crippen LogP contribution in [0.4, 0.5) is 5.82 Å². The Bertz CT molecular complexity index is 877. The van der Waals surface area contributed by atoms with Crippen molar-refractivity contribution < 1.29 is 9.90 Å². The second kappa shape index (κ2) is 5.92. The van der Waals surface area contributed by atoms with Gasteiger partial charge in [-0.25, -0.2) is 14.6 Å². The first kappa shape index (κ1) is 14.6. The van der Waals surface area contributed by atoms with Gasteiger partial charge in [0.15, 0.2) is 5.65 Å². The van der Waals surface area contributed by atoms with E-state index in [1.807, 2.05) is 35.2 Å². The third-order valence-corrected chi connectivity index (χ3v) is 4.42. The Balaban J connectivity index is 1.75. The van der Waals surface area contributed by atoms with E-state index in [0.29, 0.717) is 13.0 Å². The predicted octanol–water partition coefficient (Wildman–Crippen LogP) is 2.12. The summed E-state index contributed by atoms with van der Waals surface area (Å²) >= 11 is 0. The zero-order valence-electron chi connectivity index (χ0n) is 13.0. The fraction of sp³-hybridized carbons (Fsp3) is 0.294. The number of carboxylic acid groups (broad SMARTS) is 1. The molecule has 0 aliphatic carbocycles. The lowest BCUT2D eigenvalue weighted by atomic mass is 9.98. The highest BCUT2D eigenvalue weighted by Crippen LogP contribution is 2.28. The zero-order valence-corrected chi connectivity index (χ0v) is 13.0. The number of anilines is 1. The van der Waals surface area contributed by atoms with Crippen molar-refractivity contribution in [3.8, 4) is 5.69 Å². The highest BCUT2D eigenvalue weighted by atomic mass is 16.4. The quantitative estimate of drug-likeness (QED) is 0.795. The lowest BCUT2D eigenvalue weighted by molar-refractivity contribution is -0.141. The van der Waals surface area contributed by atoms with Gasteiger partial charge in [0.2, 0.25) is 0 Å². The van der Waals surface area contributed by atoms with Gasteiger partial charge < -0.3 is 10.0 Å². The number of fused-ring (bicyclic) bond motifs is 1. The normalized spacial score (nSPS) is 18.0. The van der Waals surface area contributed by atoms with Gasteiger partial charge in [-0.1, -0.05) is 18.2 Å². The molecule has 7 nitrogen and oxygen atoms in total. The second-order valence-corrected chi connectivity index (χ2v) is 5.95. The van der Waals surface area contributed by atoms with E-state index < -0.39 is 5.97 Å². The topological polar surface area (TPSA) is 84.1 Å². The maximum Gasteiger partial charge on any atom is 0.308 e. The molecule has 1 N–H and O–H groups in total. The third-order valence-electron chi connectivity index (χ3n) is 4.42. The van der Waals surface area contributed by atoms with Gasteiger partial charge in [-0.05, 0) is 25.0 Å². The number of nitrogens with zero attached hydrogens (tertiary/aromatic N) is 5. The molecule has 7 heteroatoms. The average molecular weight is 323 g/mol. The first-order chi connectivity index (χ1) is 11.7. The Hall–Kier alpha value is -2.96. The molecule has 0 saturated carbocycles. The first-order valence-electron chi connectivity index (χ1n) is 7.96. The molecule has 0 bridgehead atoms. The molecule has 0 amide bonds. The Labute approximate surface area is 138 Å². The first-order valence-corrected chi connectivity index (χ1v) is 7.96. The summed E-state index contributed by atoms with van der Waals surface area (Å²) in [7, 11) is 0. The summed E-state index contributed by atoms with van der Waals surface area (Å²) in [6.07, 6.45) is 4.82. The molecule has 0 radical (unpaired) electrons. The van der Waals surface area contributed by atoms with Gasteiger partial charge in [0.05, 0.1) is 23.2 Å². The molecule has 0 spiro atoms. The number of para-hydroxylation sites is 1. The molecular formula is C17H17N5O2. The maximum atomic E-state index is 11.3. The maximum absolute atomic E-state index is 11.3. The smallest absolute Gasteiger partial charge is 0.308 e. The van der Waals surface area contributed by atoms with E-state index in [0.717, 1.165) is 35.5 Å². The van der Waals surface area contributed by atoms with Crippen LogP contribution in [-0.4, -0.2) is 43.9 Å². The average Bonchev–Trinajstić information content (AvgIpc) is 3.06. The number of carbonyl (C=O) groups is 1. The van der Waals surface area contributed by atoms with Crippen LogP contribution in [0.25, 0.3) is 16.7 Å². The Morgan fingerprint density at radius 1 is 1.21 bits per heavy atom. The van der Waals surface area contributed by atoms with Crippen LogP contribution in [0.1, 0.15) is 12.8 Å². The summed E-state index contributed by atoms with van der Waals surface area (Å²) < 4.78 is 1.78. The van der Waals surface area contributed by atoms with Gasteiger partial charge >= 0.3 is 5.97 Å². The van der Waals surface area contributed by atoms with Crippen LogP contribution in [0, 0.1) is 5.92 Å². The molecular weight excluding hydrogens is 306 g/mol. The second-order valence-electron chi connectivity index (χ2n) is 5.95. The Kier molecular flexibility index (Phi) is 3.60. The van der Waals surface area contributed by atoms with Crippen molar-refractivity contribution in [2.24, 2.45) is 5.92 Å². The molecule has 24 heavy (non-hydrogen) atoms. The number of piperidine rings is 1. The van der Waals surface area contributed by atoms with Crippen molar-refractivity contribution in [2.45, 2.75) is 12.8 Å². The fourth-order valence-corrected chi connectivity index (χ4v) is 3.21. The van der Waals surface area contributed by atoms with Crippen molar-refractivity contribution in [1.82, 2.24) is 19.7 Å². The summed E-state index contributed by atoms with van der Waals surface area (Å²) in [6, 6.07) is 9.79. The van der Waals surface area contributed by atoms with Gasteiger partial charge in [-0.15, -0.1) is 0 Å². The SMILES string of the molecule is O=C(O)C1CCCN(c2ncnc3c2cnn3-c2ccccc2)C1. The zero-order chi connectivity index (χ0) is 16.5. The lowest BCUT2D eigenvalue weighted by Crippen LogP contribution is -2.39. The van der Waals surface area contributed by atoms with Crippen LogP contribution < -0.4 is 4.90 Å². The minimum absolute atomic E-state index is 0.354. The van der Waals surface area contributed by atoms with Gasteiger partial charge in [0.25, 0.3) is 0 Å². The molecule has 1 atom stereocenters. The van der Waals surface area contributed by atoms with Crippen LogP contribution in [-0.2, 0) is 4.79 Å². The summed E-state index contributed by atoms with van der Waals surface area (Å²) in [6.45, 7) is 1.27. The molecule has 1 saturated heterocycles. The molecule has 3 aromatic rings. The number of aliphatic carboxylic acids is 1. The predicted molar refractivity (Wildman–Crippen MR) is 89.2 cm³/mol. The Morgan fingerprint density at radius 3 is 2.83 bits per heavy atom. The van der Waals surface area contributed by atoms with Gasteiger partial charge in [0.1, 0.15) is 12.1 Å². The summed E-state index contributed by atoms with van der Waals surface area (Å²) in [4.78, 5) is 22.1. The van der Waals surface area contributed by atoms with E-state index in [4.69, 9.17) is 0 Å². The van der Waals surface area contributed by atoms with E-state index in [2.05, 4.69) is 15.1 Å². The summed E-state index contributed by atoms with van der Waals surface area (Å²) in [5, 5.41) is 14.6. The standard InChI is InChI=1S/C17H17N5O2/c23-17(24)12-5-4-8-21(10-12)15-14-9-20-22(16(14)19-11-18-15)13-6-2-1-3-7-13/h1-3,6-7,9,11-12H,4-5,8,10H2,(H,23,24). The fourth-order valence-electron chi connectivity index (χ4n) is 3.21. The van der Waals surface area contributed by atoms with E-state index in [9.17, 15) is 9.90 Å². The molecule has 122 valence electrons. The Morgan fingerprint density at radius 2 is 2.04 bits per heavy atom. The third kappa shape index (κ3) is 2.47. The number of hydrogen-bond donors (Lipinski definition) is 1. The number of hydrogen-bond acceptors (Lipinski definition) is 5. The highest BCUT2D eigenvalue weighted by Gasteiger charge is 2.27. The largest absolute Gasteiger partial charge is 0.481 e. The van der Waals surface area contributed by atoms with Gasteiger partial charge in [0, 0.05) is 13.1 Å². The highest BCUT2D eigenvalue weighted by molar-refractivity contribution is 5.88. The molecule has 1 aromatic carbocycles. The molecule has 1 aliphatic heterocycles. The monoisotopic (exact) mass is 323 g/mol. The van der Waals surface area contributed by atoms with Crippen molar-refractivity contribution in [3.63, 3.8) is 0 Å². The van der Waals surface area contributed by atoms with E-state index >= 15 is 0 Å². The molecule has 2 aromatic heterocycles. The van der Waals surface area contributed by atoms with E-state index in [1.54, 1.807) is 10.9 Å². The lowest BCUT2D eigenvalue weighted by Gasteiger charge is -2.31.